The zero-order chi connectivity index (χ0) is 12.5. The Morgan fingerprint density at radius 1 is 1.35 bits per heavy atom. The molecule has 0 aliphatic rings. The van der Waals surface area contributed by atoms with Gasteiger partial charge in [0.1, 0.15) is 18.2 Å². The van der Waals surface area contributed by atoms with Crippen molar-refractivity contribution in [2.45, 2.75) is 26.8 Å². The molecular weight excluding hydrogens is 217 g/mol. The molecule has 0 spiro atoms. The number of ether oxygens (including phenoxy) is 1. The molecule has 1 aromatic carbocycles. The summed E-state index contributed by atoms with van der Waals surface area (Å²) in [4.78, 5) is 0. The Kier molecular flexibility index (Phi) is 6.13. The Morgan fingerprint density at radius 3 is 2.88 bits per heavy atom. The summed E-state index contributed by atoms with van der Waals surface area (Å²) >= 11 is 0. The molecule has 1 N–H and O–H groups in total. The Labute approximate surface area is 102 Å². The quantitative estimate of drug-likeness (QED) is 0.604. The summed E-state index contributed by atoms with van der Waals surface area (Å²) in [5.41, 5.74) is 0.887. The van der Waals surface area contributed by atoms with Gasteiger partial charge < -0.3 is 10.1 Å². The largest absolute Gasteiger partial charge is 0.481 e. The topological polar surface area (TPSA) is 21.3 Å². The number of hydrogen-bond acceptors (Lipinski definition) is 2. The van der Waals surface area contributed by atoms with Gasteiger partial charge in [0.05, 0.1) is 0 Å². The molecule has 0 saturated carbocycles. The Hall–Kier alpha value is -1.53. The summed E-state index contributed by atoms with van der Waals surface area (Å²) in [5, 5.41) is 3.22. The molecule has 2 nitrogen and oxygen atoms in total. The van der Waals surface area contributed by atoms with Crippen LogP contribution in [0.4, 0.5) is 4.39 Å². The van der Waals surface area contributed by atoms with E-state index in [0.29, 0.717) is 18.9 Å². The fraction of sp³-hybridized carbons (Fsp3) is 0.429. The van der Waals surface area contributed by atoms with Crippen LogP contribution in [0.3, 0.4) is 0 Å². The van der Waals surface area contributed by atoms with Gasteiger partial charge in [0.2, 0.25) is 0 Å². The van der Waals surface area contributed by atoms with E-state index in [-0.39, 0.29) is 5.82 Å². The van der Waals surface area contributed by atoms with E-state index in [2.05, 4.69) is 24.1 Å². The van der Waals surface area contributed by atoms with Crippen LogP contribution in [0.25, 0.3) is 0 Å². The van der Waals surface area contributed by atoms with Crippen molar-refractivity contribution in [3.05, 3.63) is 29.6 Å². The second-order valence-corrected chi connectivity index (χ2v) is 3.69. The molecule has 0 bridgehead atoms. The van der Waals surface area contributed by atoms with Crippen molar-refractivity contribution in [3.8, 4) is 17.6 Å². The molecule has 1 rings (SSSR count). The lowest BCUT2D eigenvalue weighted by molar-refractivity contribution is 0.367. The van der Waals surface area contributed by atoms with Crippen LogP contribution in [0.5, 0.6) is 5.75 Å². The lowest BCUT2D eigenvalue weighted by atomic mass is 10.2. The van der Waals surface area contributed by atoms with Crippen LogP contribution in [0, 0.1) is 17.7 Å². The smallest absolute Gasteiger partial charge is 0.149 e. The molecule has 0 radical (unpaired) electrons. The molecule has 0 unspecified atom stereocenters. The predicted molar refractivity (Wildman–Crippen MR) is 67.3 cm³/mol. The number of benzene rings is 1. The van der Waals surface area contributed by atoms with E-state index in [9.17, 15) is 4.39 Å². The lowest BCUT2D eigenvalue weighted by Gasteiger charge is -2.07. The molecule has 0 atom stereocenters. The van der Waals surface area contributed by atoms with Crippen LogP contribution in [-0.4, -0.2) is 13.2 Å². The van der Waals surface area contributed by atoms with Crippen LogP contribution in [0.15, 0.2) is 18.2 Å². The van der Waals surface area contributed by atoms with E-state index in [1.165, 1.54) is 12.1 Å². The third-order valence-electron chi connectivity index (χ3n) is 2.17. The molecule has 17 heavy (non-hydrogen) atoms. The van der Waals surface area contributed by atoms with Crippen molar-refractivity contribution in [3.63, 3.8) is 0 Å². The average Bonchev–Trinajstić information content (AvgIpc) is 2.29. The van der Waals surface area contributed by atoms with E-state index in [0.717, 1.165) is 18.5 Å². The SMILES string of the molecule is CC#CCOc1cc(F)cc(CNCCC)c1. The molecular formula is C14H18FNO. The van der Waals surface area contributed by atoms with Crippen molar-refractivity contribution < 1.29 is 9.13 Å². The van der Waals surface area contributed by atoms with Crippen molar-refractivity contribution in [2.75, 3.05) is 13.2 Å². The molecule has 0 aliphatic carbocycles. The summed E-state index contributed by atoms with van der Waals surface area (Å²) in [5.74, 6) is 5.76. The van der Waals surface area contributed by atoms with Crippen LogP contribution < -0.4 is 10.1 Å². The van der Waals surface area contributed by atoms with Gasteiger partial charge in [-0.15, -0.1) is 5.92 Å². The number of halogens is 1. The van der Waals surface area contributed by atoms with Gasteiger partial charge in [-0.2, -0.15) is 0 Å². The van der Waals surface area contributed by atoms with Crippen LogP contribution in [-0.2, 0) is 6.54 Å². The first kappa shape index (κ1) is 13.5. The zero-order valence-corrected chi connectivity index (χ0v) is 10.3. The highest BCUT2D eigenvalue weighted by molar-refractivity contribution is 5.30. The maximum atomic E-state index is 13.3. The highest BCUT2D eigenvalue weighted by Gasteiger charge is 2.01. The van der Waals surface area contributed by atoms with Crippen molar-refractivity contribution in [2.24, 2.45) is 0 Å². The first-order chi connectivity index (χ1) is 8.26. The number of rotatable bonds is 6. The molecule has 0 heterocycles. The number of nitrogens with one attached hydrogen (secondary N) is 1. The Bertz CT molecular complexity index is 406. The minimum atomic E-state index is -0.278. The lowest BCUT2D eigenvalue weighted by Crippen LogP contribution is -2.14. The average molecular weight is 235 g/mol. The Morgan fingerprint density at radius 2 is 2.18 bits per heavy atom. The number of hydrogen-bond donors (Lipinski definition) is 1. The second kappa shape index (κ2) is 7.70. The summed E-state index contributed by atoms with van der Waals surface area (Å²) in [6, 6.07) is 4.73. The third kappa shape index (κ3) is 5.37. The second-order valence-electron chi connectivity index (χ2n) is 3.69. The van der Waals surface area contributed by atoms with E-state index in [1.54, 1.807) is 6.92 Å². The summed E-state index contributed by atoms with van der Waals surface area (Å²) in [7, 11) is 0. The molecule has 92 valence electrons. The highest BCUT2D eigenvalue weighted by Crippen LogP contribution is 2.16. The minimum absolute atomic E-state index is 0.278. The van der Waals surface area contributed by atoms with Gasteiger partial charge in [0.15, 0.2) is 0 Å². The minimum Gasteiger partial charge on any atom is -0.481 e. The molecule has 0 amide bonds. The van der Waals surface area contributed by atoms with Gasteiger partial charge in [-0.1, -0.05) is 12.8 Å². The van der Waals surface area contributed by atoms with Crippen molar-refractivity contribution >= 4 is 0 Å². The van der Waals surface area contributed by atoms with Crippen LogP contribution >= 0.6 is 0 Å². The fourth-order valence-electron chi connectivity index (χ4n) is 1.41. The summed E-state index contributed by atoms with van der Waals surface area (Å²) in [6.07, 6.45) is 1.06. The van der Waals surface area contributed by atoms with Gasteiger partial charge >= 0.3 is 0 Å². The van der Waals surface area contributed by atoms with E-state index in [4.69, 9.17) is 4.74 Å². The molecule has 0 saturated heterocycles. The summed E-state index contributed by atoms with van der Waals surface area (Å²) in [6.45, 7) is 5.71. The zero-order valence-electron chi connectivity index (χ0n) is 10.3. The van der Waals surface area contributed by atoms with Gasteiger partial charge in [0, 0.05) is 12.6 Å². The van der Waals surface area contributed by atoms with Gasteiger partial charge in [-0.3, -0.25) is 0 Å². The molecule has 0 fully saturated rings. The maximum Gasteiger partial charge on any atom is 0.149 e. The summed E-state index contributed by atoms with van der Waals surface area (Å²) < 4.78 is 18.6. The molecule has 0 aliphatic heterocycles. The predicted octanol–water partition coefficient (Wildman–Crippen LogP) is 2.73. The van der Waals surface area contributed by atoms with Crippen molar-refractivity contribution in [1.29, 1.82) is 0 Å². The van der Waals surface area contributed by atoms with E-state index >= 15 is 0 Å². The first-order valence-electron chi connectivity index (χ1n) is 5.79. The van der Waals surface area contributed by atoms with Crippen LogP contribution in [0.1, 0.15) is 25.8 Å². The normalized spacial score (nSPS) is 9.59. The standard InChI is InChI=1S/C14H18FNO/c1-3-5-7-17-14-9-12(8-13(15)10-14)11-16-6-4-2/h8-10,16H,4,6-7,11H2,1-2H3. The first-order valence-corrected chi connectivity index (χ1v) is 5.79. The van der Waals surface area contributed by atoms with Crippen LogP contribution in [0.2, 0.25) is 0 Å². The molecule has 1 aromatic rings. The molecule has 0 aromatic heterocycles. The van der Waals surface area contributed by atoms with Gasteiger partial charge in [-0.05, 0) is 37.6 Å². The van der Waals surface area contributed by atoms with E-state index < -0.39 is 0 Å². The third-order valence-corrected chi connectivity index (χ3v) is 2.17. The van der Waals surface area contributed by atoms with Gasteiger partial charge in [0.25, 0.3) is 0 Å². The van der Waals surface area contributed by atoms with Gasteiger partial charge in [-0.25, -0.2) is 4.39 Å². The molecule has 3 heteroatoms. The van der Waals surface area contributed by atoms with Crippen molar-refractivity contribution in [1.82, 2.24) is 5.32 Å². The monoisotopic (exact) mass is 235 g/mol. The fourth-order valence-corrected chi connectivity index (χ4v) is 1.41. The van der Waals surface area contributed by atoms with E-state index in [1.807, 2.05) is 6.07 Å². The Balaban J connectivity index is 2.60. The maximum absolute atomic E-state index is 13.3. The highest BCUT2D eigenvalue weighted by atomic mass is 19.1.